The number of rotatable bonds is 6. The van der Waals surface area contributed by atoms with Crippen molar-refractivity contribution in [2.24, 2.45) is 0 Å². The summed E-state index contributed by atoms with van der Waals surface area (Å²) >= 11 is 0. The first-order chi connectivity index (χ1) is 12.5. The fourth-order valence-electron chi connectivity index (χ4n) is 2.44. The molecule has 0 radical (unpaired) electrons. The molecule has 132 valence electrons. The molecule has 2 aromatic heterocycles. The van der Waals surface area contributed by atoms with E-state index in [0.29, 0.717) is 23.9 Å². The number of hydrogen-bond donors (Lipinski definition) is 1. The predicted octanol–water partition coefficient (Wildman–Crippen LogP) is 3.69. The van der Waals surface area contributed by atoms with Crippen LogP contribution in [0.15, 0.2) is 59.2 Å². The van der Waals surface area contributed by atoms with Gasteiger partial charge in [-0.25, -0.2) is 0 Å². The molecule has 0 fully saturated rings. The number of carbonyl (C=O) groups excluding carboxylic acids is 2. The Bertz CT molecular complexity index is 966. The van der Waals surface area contributed by atoms with E-state index in [9.17, 15) is 9.59 Å². The molecule has 0 spiro atoms. The maximum Gasteiger partial charge on any atom is 0.249 e. The van der Waals surface area contributed by atoms with Crippen molar-refractivity contribution in [3.8, 4) is 0 Å². The number of nitrogens with one attached hydrogen (secondary N) is 1. The Morgan fingerprint density at radius 3 is 2.73 bits per heavy atom. The van der Waals surface area contributed by atoms with E-state index in [1.807, 2.05) is 31.2 Å². The molecule has 0 aliphatic rings. The molecule has 2 heterocycles. The number of Topliss-reactive ketones (excluding diaryl/α,β-unsaturated/α-hetero) is 1. The van der Waals surface area contributed by atoms with Gasteiger partial charge in [0, 0.05) is 25.3 Å². The Kier molecular flexibility index (Phi) is 5.12. The first-order valence-electron chi connectivity index (χ1n) is 8.19. The Hall–Kier alpha value is -3.41. The summed E-state index contributed by atoms with van der Waals surface area (Å²) < 4.78 is 7.06. The van der Waals surface area contributed by atoms with E-state index < -0.39 is 0 Å². The van der Waals surface area contributed by atoms with Crippen LogP contribution in [0, 0.1) is 6.92 Å². The molecular weight excluding hydrogens is 330 g/mol. The average molecular weight is 349 g/mol. The lowest BCUT2D eigenvalue weighted by Crippen LogP contribution is -2.09. The first-order valence-corrected chi connectivity index (χ1v) is 8.19. The van der Waals surface area contributed by atoms with Crippen LogP contribution in [0.5, 0.6) is 0 Å². The van der Waals surface area contributed by atoms with Gasteiger partial charge < -0.3 is 9.73 Å². The number of aryl methyl sites for hydroxylation is 1. The van der Waals surface area contributed by atoms with Gasteiger partial charge in [0.1, 0.15) is 5.76 Å². The minimum Gasteiger partial charge on any atom is -0.456 e. The fraction of sp³-hybridized carbons (Fsp3) is 0.150. The van der Waals surface area contributed by atoms with Crippen molar-refractivity contribution in [3.63, 3.8) is 0 Å². The second-order valence-electron chi connectivity index (χ2n) is 5.90. The van der Waals surface area contributed by atoms with Gasteiger partial charge in [-0.1, -0.05) is 24.3 Å². The second kappa shape index (κ2) is 7.65. The van der Waals surface area contributed by atoms with Gasteiger partial charge in [-0.2, -0.15) is 5.10 Å². The molecule has 0 aliphatic carbocycles. The van der Waals surface area contributed by atoms with E-state index >= 15 is 0 Å². The molecule has 1 amide bonds. The highest BCUT2D eigenvalue weighted by molar-refractivity contribution is 6.01. The number of furan rings is 1. The molecule has 0 saturated heterocycles. The zero-order valence-corrected chi connectivity index (χ0v) is 14.6. The van der Waals surface area contributed by atoms with Gasteiger partial charge in [-0.15, -0.1) is 0 Å². The number of aromatic nitrogens is 2. The van der Waals surface area contributed by atoms with E-state index in [2.05, 4.69) is 10.4 Å². The quantitative estimate of drug-likeness (QED) is 0.544. The summed E-state index contributed by atoms with van der Waals surface area (Å²) in [7, 11) is 0. The molecule has 0 aliphatic heterocycles. The third-order valence-electron chi connectivity index (χ3n) is 3.82. The maximum absolute atomic E-state index is 12.0. The number of ketones is 1. The van der Waals surface area contributed by atoms with Gasteiger partial charge in [0.25, 0.3) is 0 Å². The van der Waals surface area contributed by atoms with Gasteiger partial charge in [0.2, 0.25) is 5.91 Å². The number of anilines is 1. The number of amides is 1. The smallest absolute Gasteiger partial charge is 0.249 e. The normalized spacial score (nSPS) is 11.0. The lowest BCUT2D eigenvalue weighted by Gasteiger charge is -2.00. The molecular formula is C20H19N3O3. The molecule has 6 heteroatoms. The van der Waals surface area contributed by atoms with Crippen LogP contribution < -0.4 is 5.32 Å². The zero-order chi connectivity index (χ0) is 18.5. The predicted molar refractivity (Wildman–Crippen MR) is 98.9 cm³/mol. The van der Waals surface area contributed by atoms with Crippen LogP contribution in [0.25, 0.3) is 6.08 Å². The standard InChI is InChI=1S/C20H19N3O3/c1-14-5-3-4-6-16(14)7-10-20(25)21-19-11-12-23(22-19)13-17-8-9-18(26-17)15(2)24/h3-12H,13H2,1-2H3,(H,21,22,25)/b10-7-. The van der Waals surface area contributed by atoms with Gasteiger partial charge in [-0.05, 0) is 36.3 Å². The number of carbonyl (C=O) groups is 2. The van der Waals surface area contributed by atoms with Crippen molar-refractivity contribution in [3.05, 3.63) is 77.4 Å². The summed E-state index contributed by atoms with van der Waals surface area (Å²) in [4.78, 5) is 23.3. The van der Waals surface area contributed by atoms with Gasteiger partial charge in [0.15, 0.2) is 17.4 Å². The summed E-state index contributed by atoms with van der Waals surface area (Å²) in [5.74, 6) is 1.01. The average Bonchev–Trinajstić information content (AvgIpc) is 3.24. The third kappa shape index (κ3) is 4.36. The molecule has 3 aromatic rings. The first kappa shape index (κ1) is 17.4. The highest BCUT2D eigenvalue weighted by Crippen LogP contribution is 2.12. The Balaban J connectivity index is 1.60. The van der Waals surface area contributed by atoms with E-state index in [-0.39, 0.29) is 11.7 Å². The summed E-state index contributed by atoms with van der Waals surface area (Å²) in [6, 6.07) is 12.9. The molecule has 0 saturated carbocycles. The minimum absolute atomic E-state index is 0.120. The van der Waals surface area contributed by atoms with E-state index in [1.165, 1.54) is 13.0 Å². The topological polar surface area (TPSA) is 77.1 Å². The van der Waals surface area contributed by atoms with Crippen molar-refractivity contribution in [1.82, 2.24) is 9.78 Å². The number of hydrogen-bond acceptors (Lipinski definition) is 4. The van der Waals surface area contributed by atoms with Crippen LogP contribution in [0.2, 0.25) is 0 Å². The molecule has 1 N–H and O–H groups in total. The molecule has 6 nitrogen and oxygen atoms in total. The van der Waals surface area contributed by atoms with E-state index in [1.54, 1.807) is 35.2 Å². The Morgan fingerprint density at radius 2 is 2.00 bits per heavy atom. The molecule has 26 heavy (non-hydrogen) atoms. The monoisotopic (exact) mass is 349 g/mol. The lowest BCUT2D eigenvalue weighted by atomic mass is 10.1. The molecule has 1 aromatic carbocycles. The van der Waals surface area contributed by atoms with Crippen molar-refractivity contribution >= 4 is 23.6 Å². The van der Waals surface area contributed by atoms with Crippen molar-refractivity contribution in [2.75, 3.05) is 5.32 Å². The summed E-state index contributed by atoms with van der Waals surface area (Å²) in [6.07, 6.45) is 4.98. The van der Waals surface area contributed by atoms with Crippen LogP contribution in [0.4, 0.5) is 5.82 Å². The Morgan fingerprint density at radius 1 is 1.19 bits per heavy atom. The van der Waals surface area contributed by atoms with Crippen LogP contribution in [-0.2, 0) is 11.3 Å². The number of nitrogens with zero attached hydrogens (tertiary/aromatic N) is 2. The molecule has 0 atom stereocenters. The zero-order valence-electron chi connectivity index (χ0n) is 14.6. The molecule has 0 unspecified atom stereocenters. The number of benzene rings is 1. The van der Waals surface area contributed by atoms with Crippen LogP contribution in [0.3, 0.4) is 0 Å². The minimum atomic E-state index is -0.254. The third-order valence-corrected chi connectivity index (χ3v) is 3.82. The van der Waals surface area contributed by atoms with Gasteiger partial charge in [0.05, 0.1) is 6.54 Å². The molecule has 0 bridgehead atoms. The van der Waals surface area contributed by atoms with Gasteiger partial charge >= 0.3 is 0 Å². The second-order valence-corrected chi connectivity index (χ2v) is 5.90. The van der Waals surface area contributed by atoms with Crippen molar-refractivity contribution in [2.45, 2.75) is 20.4 Å². The summed E-state index contributed by atoms with van der Waals surface area (Å²) in [5.41, 5.74) is 2.09. The lowest BCUT2D eigenvalue weighted by molar-refractivity contribution is -0.111. The SMILES string of the molecule is CC(=O)c1ccc(Cn2ccc(NC(=O)/C=C\c3ccccc3C)n2)o1. The van der Waals surface area contributed by atoms with Gasteiger partial charge in [-0.3, -0.25) is 14.3 Å². The molecule has 3 rings (SSSR count). The largest absolute Gasteiger partial charge is 0.456 e. The van der Waals surface area contributed by atoms with Crippen LogP contribution in [0.1, 0.15) is 34.4 Å². The van der Waals surface area contributed by atoms with E-state index in [4.69, 9.17) is 4.42 Å². The van der Waals surface area contributed by atoms with Crippen LogP contribution >= 0.6 is 0 Å². The highest BCUT2D eigenvalue weighted by atomic mass is 16.3. The summed E-state index contributed by atoms with van der Waals surface area (Å²) in [6.45, 7) is 3.82. The van der Waals surface area contributed by atoms with Crippen LogP contribution in [-0.4, -0.2) is 21.5 Å². The fourth-order valence-corrected chi connectivity index (χ4v) is 2.44. The van der Waals surface area contributed by atoms with Crippen molar-refractivity contribution in [1.29, 1.82) is 0 Å². The Labute approximate surface area is 151 Å². The maximum atomic E-state index is 12.0. The highest BCUT2D eigenvalue weighted by Gasteiger charge is 2.08. The summed E-state index contributed by atoms with van der Waals surface area (Å²) in [5, 5.41) is 7.00. The van der Waals surface area contributed by atoms with E-state index in [0.717, 1.165) is 11.1 Å². The van der Waals surface area contributed by atoms with Crippen molar-refractivity contribution < 1.29 is 14.0 Å².